The van der Waals surface area contributed by atoms with Crippen molar-refractivity contribution in [1.82, 2.24) is 9.80 Å². The SMILES string of the molecule is C[C@H](OCc1ccccc1)C(=O)N1CCC[C@H]1[C@@H]1CCCN1C. The molecule has 0 spiro atoms. The first-order chi connectivity index (χ1) is 11.2. The van der Waals surface area contributed by atoms with Crippen LogP contribution in [-0.4, -0.2) is 54.0 Å². The van der Waals surface area contributed by atoms with Crippen LogP contribution in [0.1, 0.15) is 38.2 Å². The first-order valence-electron chi connectivity index (χ1n) is 8.83. The minimum Gasteiger partial charge on any atom is -0.364 e. The van der Waals surface area contributed by atoms with Crippen LogP contribution in [-0.2, 0) is 16.1 Å². The van der Waals surface area contributed by atoms with Crippen molar-refractivity contribution in [3.63, 3.8) is 0 Å². The number of hydrogen-bond acceptors (Lipinski definition) is 3. The van der Waals surface area contributed by atoms with Gasteiger partial charge in [0.05, 0.1) is 6.61 Å². The molecule has 2 aliphatic rings. The Morgan fingerprint density at radius 2 is 1.87 bits per heavy atom. The van der Waals surface area contributed by atoms with E-state index >= 15 is 0 Å². The van der Waals surface area contributed by atoms with Crippen molar-refractivity contribution >= 4 is 5.91 Å². The lowest BCUT2D eigenvalue weighted by molar-refractivity contribution is -0.145. The van der Waals surface area contributed by atoms with Crippen molar-refractivity contribution < 1.29 is 9.53 Å². The molecule has 2 heterocycles. The molecule has 2 saturated heterocycles. The fourth-order valence-electron chi connectivity index (χ4n) is 3.99. The number of hydrogen-bond donors (Lipinski definition) is 0. The van der Waals surface area contributed by atoms with E-state index in [9.17, 15) is 4.79 Å². The van der Waals surface area contributed by atoms with Gasteiger partial charge in [0.25, 0.3) is 5.91 Å². The Hall–Kier alpha value is -1.39. The van der Waals surface area contributed by atoms with Crippen LogP contribution in [0.4, 0.5) is 0 Å². The Labute approximate surface area is 139 Å². The Balaban J connectivity index is 1.57. The molecule has 0 aromatic heterocycles. The van der Waals surface area contributed by atoms with Crippen LogP contribution in [0, 0.1) is 0 Å². The van der Waals surface area contributed by atoms with E-state index in [2.05, 4.69) is 16.8 Å². The lowest BCUT2D eigenvalue weighted by Gasteiger charge is -2.34. The largest absolute Gasteiger partial charge is 0.364 e. The van der Waals surface area contributed by atoms with Crippen molar-refractivity contribution in [2.45, 2.75) is 57.4 Å². The van der Waals surface area contributed by atoms with Crippen LogP contribution >= 0.6 is 0 Å². The second kappa shape index (κ2) is 7.45. The van der Waals surface area contributed by atoms with Gasteiger partial charge in [-0.25, -0.2) is 0 Å². The van der Waals surface area contributed by atoms with Gasteiger partial charge in [-0.05, 0) is 51.8 Å². The maximum absolute atomic E-state index is 12.8. The molecule has 4 nitrogen and oxygen atoms in total. The van der Waals surface area contributed by atoms with E-state index in [4.69, 9.17) is 4.74 Å². The second-order valence-corrected chi connectivity index (χ2v) is 6.87. The highest BCUT2D eigenvalue weighted by atomic mass is 16.5. The number of carbonyl (C=O) groups excluding carboxylic acids is 1. The maximum Gasteiger partial charge on any atom is 0.251 e. The van der Waals surface area contributed by atoms with Gasteiger partial charge in [-0.2, -0.15) is 0 Å². The predicted octanol–water partition coefficient (Wildman–Crippen LogP) is 2.68. The van der Waals surface area contributed by atoms with Crippen LogP contribution in [0.25, 0.3) is 0 Å². The molecule has 0 bridgehead atoms. The van der Waals surface area contributed by atoms with Crippen LogP contribution in [0.3, 0.4) is 0 Å². The number of amides is 1. The molecular formula is C19H28N2O2. The molecule has 0 N–H and O–H groups in total. The van der Waals surface area contributed by atoms with E-state index in [1.807, 2.05) is 37.3 Å². The summed E-state index contributed by atoms with van der Waals surface area (Å²) in [5, 5.41) is 0. The topological polar surface area (TPSA) is 32.8 Å². The van der Waals surface area contributed by atoms with Gasteiger partial charge in [-0.1, -0.05) is 30.3 Å². The van der Waals surface area contributed by atoms with Gasteiger partial charge in [-0.15, -0.1) is 0 Å². The van der Waals surface area contributed by atoms with E-state index in [0.717, 1.165) is 31.5 Å². The van der Waals surface area contributed by atoms with Gasteiger partial charge in [0.1, 0.15) is 6.10 Å². The van der Waals surface area contributed by atoms with Crippen LogP contribution in [0.15, 0.2) is 30.3 Å². The molecule has 2 fully saturated rings. The van der Waals surface area contributed by atoms with Crippen molar-refractivity contribution in [2.24, 2.45) is 0 Å². The van der Waals surface area contributed by atoms with Crippen molar-refractivity contribution in [3.8, 4) is 0 Å². The van der Waals surface area contributed by atoms with E-state index < -0.39 is 0 Å². The Morgan fingerprint density at radius 3 is 2.57 bits per heavy atom. The Morgan fingerprint density at radius 1 is 1.17 bits per heavy atom. The minimum atomic E-state index is -0.373. The van der Waals surface area contributed by atoms with Gasteiger partial charge < -0.3 is 14.5 Å². The maximum atomic E-state index is 12.8. The smallest absolute Gasteiger partial charge is 0.251 e. The Bertz CT molecular complexity index is 519. The zero-order chi connectivity index (χ0) is 16.2. The highest BCUT2D eigenvalue weighted by Crippen LogP contribution is 2.29. The molecule has 0 aliphatic carbocycles. The Kier molecular flexibility index (Phi) is 5.34. The third-order valence-corrected chi connectivity index (χ3v) is 5.29. The molecule has 0 saturated carbocycles. The summed E-state index contributed by atoms with van der Waals surface area (Å²) in [5.74, 6) is 0.156. The number of likely N-dealkylation sites (tertiary alicyclic amines) is 2. The van der Waals surface area contributed by atoms with Crippen molar-refractivity contribution in [1.29, 1.82) is 0 Å². The van der Waals surface area contributed by atoms with Crippen molar-refractivity contribution in [3.05, 3.63) is 35.9 Å². The van der Waals surface area contributed by atoms with Gasteiger partial charge in [-0.3, -0.25) is 4.79 Å². The molecule has 3 rings (SSSR count). The van der Waals surface area contributed by atoms with E-state index in [1.165, 1.54) is 12.8 Å². The predicted molar refractivity (Wildman–Crippen MR) is 91.1 cm³/mol. The zero-order valence-electron chi connectivity index (χ0n) is 14.3. The molecule has 1 amide bonds. The molecule has 4 heteroatoms. The van der Waals surface area contributed by atoms with Gasteiger partial charge in [0.2, 0.25) is 0 Å². The number of likely N-dealkylation sites (N-methyl/N-ethyl adjacent to an activating group) is 1. The molecule has 1 aromatic carbocycles. The molecule has 3 atom stereocenters. The zero-order valence-corrected chi connectivity index (χ0v) is 14.3. The lowest BCUT2D eigenvalue weighted by Crippen LogP contribution is -2.50. The standard InChI is InChI=1S/C19H28N2O2/c1-15(23-14-16-8-4-3-5-9-16)19(22)21-13-7-11-18(21)17-10-6-12-20(17)2/h3-5,8-9,15,17-18H,6-7,10-14H2,1-2H3/t15-,17-,18-/m0/s1. The first-order valence-corrected chi connectivity index (χ1v) is 8.83. The van der Waals surface area contributed by atoms with Gasteiger partial charge in [0.15, 0.2) is 0 Å². The summed E-state index contributed by atoms with van der Waals surface area (Å²) in [5.41, 5.74) is 1.11. The number of rotatable bonds is 5. The number of carbonyl (C=O) groups is 1. The highest BCUT2D eigenvalue weighted by molar-refractivity contribution is 5.81. The van der Waals surface area contributed by atoms with Gasteiger partial charge in [0, 0.05) is 18.6 Å². The summed E-state index contributed by atoms with van der Waals surface area (Å²) in [6, 6.07) is 11.0. The first kappa shape index (κ1) is 16.5. The second-order valence-electron chi connectivity index (χ2n) is 6.87. The third-order valence-electron chi connectivity index (χ3n) is 5.29. The quantitative estimate of drug-likeness (QED) is 0.837. The number of ether oxygens (including phenoxy) is 1. The van der Waals surface area contributed by atoms with Gasteiger partial charge >= 0.3 is 0 Å². The normalized spacial score (nSPS) is 26.6. The summed E-state index contributed by atoms with van der Waals surface area (Å²) >= 11 is 0. The molecule has 23 heavy (non-hydrogen) atoms. The van der Waals surface area contributed by atoms with Crippen LogP contribution in [0.2, 0.25) is 0 Å². The average molecular weight is 316 g/mol. The summed E-state index contributed by atoms with van der Waals surface area (Å²) in [6.45, 7) is 4.42. The molecular weight excluding hydrogens is 288 g/mol. The summed E-state index contributed by atoms with van der Waals surface area (Å²) < 4.78 is 5.84. The molecule has 0 radical (unpaired) electrons. The highest BCUT2D eigenvalue weighted by Gasteiger charge is 2.39. The summed E-state index contributed by atoms with van der Waals surface area (Å²) in [7, 11) is 2.19. The molecule has 126 valence electrons. The van der Waals surface area contributed by atoms with E-state index in [0.29, 0.717) is 18.7 Å². The molecule has 2 aliphatic heterocycles. The van der Waals surface area contributed by atoms with Crippen LogP contribution in [0.5, 0.6) is 0 Å². The third kappa shape index (κ3) is 3.75. The fraction of sp³-hybridized carbons (Fsp3) is 0.632. The number of nitrogens with zero attached hydrogens (tertiary/aromatic N) is 2. The number of benzene rings is 1. The minimum absolute atomic E-state index is 0.156. The fourth-order valence-corrected chi connectivity index (χ4v) is 3.99. The monoisotopic (exact) mass is 316 g/mol. The van der Waals surface area contributed by atoms with Crippen molar-refractivity contribution in [2.75, 3.05) is 20.1 Å². The summed E-state index contributed by atoms with van der Waals surface area (Å²) in [6.07, 6.45) is 4.34. The van der Waals surface area contributed by atoms with E-state index in [-0.39, 0.29) is 12.0 Å². The molecule has 1 aromatic rings. The average Bonchev–Trinajstić information content (AvgIpc) is 3.21. The van der Waals surface area contributed by atoms with E-state index in [1.54, 1.807) is 0 Å². The van der Waals surface area contributed by atoms with Crippen LogP contribution < -0.4 is 0 Å². The molecule has 0 unspecified atom stereocenters. The summed E-state index contributed by atoms with van der Waals surface area (Å²) in [4.78, 5) is 17.3. The lowest BCUT2D eigenvalue weighted by atomic mass is 10.0.